The first kappa shape index (κ1) is 14.1. The van der Waals surface area contributed by atoms with Crippen molar-refractivity contribution in [3.63, 3.8) is 0 Å². The van der Waals surface area contributed by atoms with E-state index < -0.39 is 0 Å². The maximum Gasteiger partial charge on any atom is 0.231 e. The molecule has 1 aliphatic carbocycles. The summed E-state index contributed by atoms with van der Waals surface area (Å²) in [6.45, 7) is 4.48. The van der Waals surface area contributed by atoms with Gasteiger partial charge < -0.3 is 15.5 Å². The molecule has 1 aromatic carbocycles. The van der Waals surface area contributed by atoms with E-state index in [1.807, 2.05) is 32.0 Å². The Bertz CT molecular complexity index is 666. The van der Waals surface area contributed by atoms with Crippen LogP contribution in [0.3, 0.4) is 0 Å². The van der Waals surface area contributed by atoms with Crippen LogP contribution < -0.4 is 11.1 Å². The van der Waals surface area contributed by atoms with Crippen LogP contribution in [-0.2, 0) is 4.79 Å². The lowest BCUT2D eigenvalue weighted by Gasteiger charge is -2.39. The van der Waals surface area contributed by atoms with E-state index in [1.54, 1.807) is 0 Å². The van der Waals surface area contributed by atoms with Crippen molar-refractivity contribution in [2.45, 2.75) is 39.0 Å². The quantitative estimate of drug-likeness (QED) is 0.905. The zero-order valence-electron chi connectivity index (χ0n) is 12.5. The van der Waals surface area contributed by atoms with Gasteiger partial charge in [-0.1, -0.05) is 20.3 Å². The van der Waals surface area contributed by atoms with E-state index in [4.69, 9.17) is 10.2 Å². The number of amides is 1. The van der Waals surface area contributed by atoms with Crippen molar-refractivity contribution in [3.05, 3.63) is 24.1 Å². The molecular weight excluding hydrogens is 266 g/mol. The monoisotopic (exact) mass is 287 g/mol. The smallest absolute Gasteiger partial charge is 0.231 e. The minimum Gasteiger partial charge on any atom is -0.440 e. The number of nitrogens with zero attached hydrogens (tertiary/aromatic N) is 1. The fourth-order valence-electron chi connectivity index (χ4n) is 2.66. The third-order valence-electron chi connectivity index (χ3n) is 4.34. The molecule has 3 rings (SSSR count). The first-order valence-corrected chi connectivity index (χ1v) is 7.46. The standard InChI is InChI=1S/C16H21N3O2/c1-10(2)14-19-12-8-11(4-5-13(12)21-14)18-15(20)16(9-17)6-3-7-16/h4-5,8,10H,3,6-7,9,17H2,1-2H3,(H,18,20). The molecule has 1 saturated carbocycles. The predicted molar refractivity (Wildman–Crippen MR) is 82.1 cm³/mol. The predicted octanol–water partition coefficient (Wildman–Crippen LogP) is 3.02. The molecule has 0 saturated heterocycles. The van der Waals surface area contributed by atoms with Crippen molar-refractivity contribution in [2.24, 2.45) is 11.1 Å². The highest BCUT2D eigenvalue weighted by molar-refractivity contribution is 5.97. The Morgan fingerprint density at radius 3 is 2.81 bits per heavy atom. The highest BCUT2D eigenvalue weighted by Gasteiger charge is 2.42. The van der Waals surface area contributed by atoms with Crippen molar-refractivity contribution in [2.75, 3.05) is 11.9 Å². The Hall–Kier alpha value is -1.88. The summed E-state index contributed by atoms with van der Waals surface area (Å²) in [5, 5.41) is 2.97. The van der Waals surface area contributed by atoms with Gasteiger partial charge in [-0.3, -0.25) is 4.79 Å². The maximum absolute atomic E-state index is 12.4. The fourth-order valence-corrected chi connectivity index (χ4v) is 2.66. The van der Waals surface area contributed by atoms with Gasteiger partial charge in [0, 0.05) is 18.2 Å². The molecule has 1 amide bonds. The highest BCUT2D eigenvalue weighted by atomic mass is 16.3. The first-order chi connectivity index (χ1) is 10.0. The molecule has 1 fully saturated rings. The van der Waals surface area contributed by atoms with Crippen LogP contribution in [0.2, 0.25) is 0 Å². The number of benzene rings is 1. The highest BCUT2D eigenvalue weighted by Crippen LogP contribution is 2.41. The van der Waals surface area contributed by atoms with Crippen molar-refractivity contribution in [1.82, 2.24) is 4.98 Å². The van der Waals surface area contributed by atoms with Crippen LogP contribution in [0, 0.1) is 5.41 Å². The van der Waals surface area contributed by atoms with Gasteiger partial charge in [0.25, 0.3) is 0 Å². The largest absolute Gasteiger partial charge is 0.440 e. The zero-order chi connectivity index (χ0) is 15.0. The summed E-state index contributed by atoms with van der Waals surface area (Å²) >= 11 is 0. The normalized spacial score (nSPS) is 17.0. The van der Waals surface area contributed by atoms with Gasteiger partial charge in [-0.15, -0.1) is 0 Å². The van der Waals surface area contributed by atoms with Gasteiger partial charge in [0.1, 0.15) is 5.52 Å². The number of hydrogen-bond acceptors (Lipinski definition) is 4. The van der Waals surface area contributed by atoms with Crippen molar-refractivity contribution in [1.29, 1.82) is 0 Å². The summed E-state index contributed by atoms with van der Waals surface area (Å²) in [5.74, 6) is 0.972. The number of fused-ring (bicyclic) bond motifs is 1. The van der Waals surface area contributed by atoms with Gasteiger partial charge >= 0.3 is 0 Å². The average Bonchev–Trinajstić information content (AvgIpc) is 2.81. The molecular formula is C16H21N3O2. The number of hydrogen-bond donors (Lipinski definition) is 2. The second kappa shape index (κ2) is 5.15. The van der Waals surface area contributed by atoms with Gasteiger partial charge in [0.2, 0.25) is 5.91 Å². The van der Waals surface area contributed by atoms with E-state index in [0.717, 1.165) is 36.0 Å². The molecule has 112 valence electrons. The van der Waals surface area contributed by atoms with E-state index in [0.29, 0.717) is 12.4 Å². The Morgan fingerprint density at radius 2 is 2.24 bits per heavy atom. The Kier molecular flexibility index (Phi) is 3.45. The van der Waals surface area contributed by atoms with Crippen LogP contribution >= 0.6 is 0 Å². The van der Waals surface area contributed by atoms with Gasteiger partial charge in [0.05, 0.1) is 5.41 Å². The lowest BCUT2D eigenvalue weighted by molar-refractivity contribution is -0.129. The van der Waals surface area contributed by atoms with Gasteiger partial charge in [-0.25, -0.2) is 4.98 Å². The Balaban J connectivity index is 1.82. The number of anilines is 1. The number of rotatable bonds is 4. The molecule has 1 aliphatic rings. The van der Waals surface area contributed by atoms with Gasteiger partial charge in [-0.05, 0) is 31.0 Å². The van der Waals surface area contributed by atoms with E-state index in [9.17, 15) is 4.79 Å². The summed E-state index contributed by atoms with van der Waals surface area (Å²) in [5.41, 5.74) is 7.65. The summed E-state index contributed by atoms with van der Waals surface area (Å²) < 4.78 is 5.67. The maximum atomic E-state index is 12.4. The fraction of sp³-hybridized carbons (Fsp3) is 0.500. The number of nitrogens with two attached hydrogens (primary N) is 1. The summed E-state index contributed by atoms with van der Waals surface area (Å²) in [6.07, 6.45) is 2.82. The third-order valence-corrected chi connectivity index (χ3v) is 4.34. The molecule has 5 heteroatoms. The van der Waals surface area contributed by atoms with Crippen LogP contribution in [0.5, 0.6) is 0 Å². The third kappa shape index (κ3) is 2.42. The summed E-state index contributed by atoms with van der Waals surface area (Å²) in [4.78, 5) is 16.8. The lowest BCUT2D eigenvalue weighted by Crippen LogP contribution is -2.47. The minimum absolute atomic E-state index is 0.0168. The summed E-state index contributed by atoms with van der Waals surface area (Å²) in [6, 6.07) is 5.55. The molecule has 2 aromatic rings. The van der Waals surface area contributed by atoms with Gasteiger partial charge in [-0.2, -0.15) is 0 Å². The molecule has 21 heavy (non-hydrogen) atoms. The molecule has 0 atom stereocenters. The van der Waals surface area contributed by atoms with Crippen LogP contribution in [-0.4, -0.2) is 17.4 Å². The van der Waals surface area contributed by atoms with Crippen LogP contribution in [0.1, 0.15) is 44.9 Å². The van der Waals surface area contributed by atoms with Crippen molar-refractivity contribution < 1.29 is 9.21 Å². The number of carbonyl (C=O) groups is 1. The average molecular weight is 287 g/mol. The van der Waals surface area contributed by atoms with Crippen LogP contribution in [0.4, 0.5) is 5.69 Å². The molecule has 0 spiro atoms. The number of carbonyl (C=O) groups excluding carboxylic acids is 1. The second-order valence-corrected chi connectivity index (χ2v) is 6.18. The number of oxazole rings is 1. The van der Waals surface area contributed by atoms with E-state index in [1.165, 1.54) is 0 Å². The number of nitrogens with one attached hydrogen (secondary N) is 1. The SMILES string of the molecule is CC(C)c1nc2cc(NC(=O)C3(CN)CCC3)ccc2o1. The topological polar surface area (TPSA) is 81.2 Å². The molecule has 0 bridgehead atoms. The van der Waals surface area contributed by atoms with Crippen LogP contribution in [0.25, 0.3) is 11.1 Å². The molecule has 0 radical (unpaired) electrons. The number of aromatic nitrogens is 1. The first-order valence-electron chi connectivity index (χ1n) is 7.46. The van der Waals surface area contributed by atoms with Crippen molar-refractivity contribution in [3.8, 4) is 0 Å². The molecule has 0 aliphatic heterocycles. The van der Waals surface area contributed by atoms with Crippen molar-refractivity contribution >= 4 is 22.7 Å². The van der Waals surface area contributed by atoms with Gasteiger partial charge in [0.15, 0.2) is 11.5 Å². The second-order valence-electron chi connectivity index (χ2n) is 6.18. The van der Waals surface area contributed by atoms with Crippen LogP contribution in [0.15, 0.2) is 22.6 Å². The lowest BCUT2D eigenvalue weighted by atomic mass is 9.68. The zero-order valence-corrected chi connectivity index (χ0v) is 12.5. The van der Waals surface area contributed by atoms with E-state index in [-0.39, 0.29) is 17.2 Å². The van der Waals surface area contributed by atoms with E-state index >= 15 is 0 Å². The summed E-state index contributed by atoms with van der Waals surface area (Å²) in [7, 11) is 0. The molecule has 0 unspecified atom stereocenters. The minimum atomic E-state index is -0.373. The molecule has 1 heterocycles. The molecule has 1 aromatic heterocycles. The molecule has 3 N–H and O–H groups in total. The Morgan fingerprint density at radius 1 is 1.48 bits per heavy atom. The molecule has 5 nitrogen and oxygen atoms in total. The van der Waals surface area contributed by atoms with E-state index in [2.05, 4.69) is 10.3 Å². The Labute approximate surface area is 123 Å².